The zero-order valence-corrected chi connectivity index (χ0v) is 18.6. The Bertz CT molecular complexity index is 842. The summed E-state index contributed by atoms with van der Waals surface area (Å²) in [5.74, 6) is 1.41. The van der Waals surface area contributed by atoms with Crippen molar-refractivity contribution in [3.05, 3.63) is 42.2 Å². The molecule has 4 rings (SSSR count). The molecular weight excluding hydrogens is 387 g/mol. The van der Waals surface area contributed by atoms with Crippen LogP contribution in [0.4, 0.5) is 10.1 Å². The normalized spacial score (nSPS) is 26.1. The van der Waals surface area contributed by atoms with Gasteiger partial charge in [0.15, 0.2) is 0 Å². The molecule has 0 radical (unpaired) electrons. The predicted molar refractivity (Wildman–Crippen MR) is 116 cm³/mol. The van der Waals surface area contributed by atoms with E-state index in [1.165, 1.54) is 6.07 Å². The van der Waals surface area contributed by atoms with Gasteiger partial charge in [0, 0.05) is 37.8 Å². The summed E-state index contributed by atoms with van der Waals surface area (Å²) in [6.45, 7) is 10.4. The van der Waals surface area contributed by atoms with Gasteiger partial charge in [-0.1, -0.05) is 19.9 Å². The van der Waals surface area contributed by atoms with Gasteiger partial charge >= 0.3 is 0 Å². The Hall–Kier alpha value is -1.64. The fraction of sp³-hybridized carbons (Fsp3) is 0.619. The minimum absolute atomic E-state index is 0.0226. The van der Waals surface area contributed by atoms with E-state index in [4.69, 9.17) is 0 Å². The second-order valence-corrected chi connectivity index (χ2v) is 10.0. The van der Waals surface area contributed by atoms with Crippen molar-refractivity contribution >= 4 is 17.8 Å². The molecule has 29 heavy (non-hydrogen) atoms. The Morgan fingerprint density at radius 1 is 1.34 bits per heavy atom. The van der Waals surface area contributed by atoms with Gasteiger partial charge in [0.05, 0.1) is 17.8 Å². The molecule has 1 aromatic carbocycles. The average Bonchev–Trinajstić information content (AvgIpc) is 3.21. The van der Waals surface area contributed by atoms with Crippen LogP contribution in [0.5, 0.6) is 0 Å². The molecule has 2 saturated heterocycles. The third-order valence-corrected chi connectivity index (χ3v) is 7.12. The van der Waals surface area contributed by atoms with Crippen LogP contribution in [0.2, 0.25) is 0 Å². The Morgan fingerprint density at radius 2 is 2.17 bits per heavy atom. The van der Waals surface area contributed by atoms with Crippen molar-refractivity contribution in [3.8, 4) is 0 Å². The Kier molecular flexibility index (Phi) is 5.86. The molecule has 2 aliphatic rings. The van der Waals surface area contributed by atoms with Gasteiger partial charge in [-0.15, -0.1) is 0 Å². The monoisotopic (exact) mass is 418 g/mol. The van der Waals surface area contributed by atoms with Crippen LogP contribution in [0, 0.1) is 11.7 Å². The molecule has 1 spiro atoms. The number of hydrogen-bond acceptors (Lipinski definition) is 6. The highest BCUT2D eigenvalue weighted by Gasteiger charge is 2.49. The Balaban J connectivity index is 1.49. The number of piperidine rings is 1. The molecule has 1 aromatic heterocycles. The van der Waals surface area contributed by atoms with Crippen molar-refractivity contribution in [2.45, 2.75) is 58.3 Å². The van der Waals surface area contributed by atoms with Gasteiger partial charge < -0.3 is 0 Å². The Labute approximate surface area is 177 Å². The van der Waals surface area contributed by atoms with Crippen molar-refractivity contribution in [1.29, 1.82) is 0 Å². The van der Waals surface area contributed by atoms with E-state index < -0.39 is 0 Å². The lowest BCUT2D eigenvalue weighted by atomic mass is 9.83. The van der Waals surface area contributed by atoms with Gasteiger partial charge in [-0.3, -0.25) is 9.21 Å². The van der Waals surface area contributed by atoms with Crippen LogP contribution in [0.3, 0.4) is 0 Å². The van der Waals surface area contributed by atoms with E-state index in [1.54, 1.807) is 30.6 Å². The lowest BCUT2D eigenvalue weighted by Gasteiger charge is -2.47. The third-order valence-electron chi connectivity index (χ3n) is 5.95. The summed E-state index contributed by atoms with van der Waals surface area (Å²) in [7, 11) is 2.12. The van der Waals surface area contributed by atoms with Crippen LogP contribution in [0.25, 0.3) is 0 Å². The largest absolute Gasteiger partial charge is 0.296 e. The van der Waals surface area contributed by atoms with E-state index in [1.807, 2.05) is 10.7 Å². The summed E-state index contributed by atoms with van der Waals surface area (Å²) < 4.78 is 20.5. The summed E-state index contributed by atoms with van der Waals surface area (Å²) in [6.07, 6.45) is 3.75. The van der Waals surface area contributed by atoms with E-state index in [9.17, 15) is 4.39 Å². The number of benzene rings is 1. The lowest BCUT2D eigenvalue weighted by molar-refractivity contribution is 0.0962. The average molecular weight is 419 g/mol. The second-order valence-electron chi connectivity index (χ2n) is 8.89. The maximum absolute atomic E-state index is 13.9. The molecule has 0 unspecified atom stereocenters. The summed E-state index contributed by atoms with van der Waals surface area (Å²) >= 11 is 1.71. The highest BCUT2D eigenvalue weighted by molar-refractivity contribution is 7.98. The van der Waals surface area contributed by atoms with Gasteiger partial charge in [0.1, 0.15) is 18.0 Å². The maximum atomic E-state index is 13.9. The van der Waals surface area contributed by atoms with Crippen molar-refractivity contribution in [3.63, 3.8) is 0 Å². The first kappa shape index (κ1) is 20.6. The highest BCUT2D eigenvalue weighted by Crippen LogP contribution is 2.46. The summed E-state index contributed by atoms with van der Waals surface area (Å²) in [4.78, 5) is 7.03. The Morgan fingerprint density at radius 3 is 2.90 bits per heavy atom. The van der Waals surface area contributed by atoms with Crippen LogP contribution in [-0.2, 0) is 13.1 Å². The first-order valence-corrected chi connectivity index (χ1v) is 11.1. The van der Waals surface area contributed by atoms with E-state index in [0.717, 1.165) is 50.5 Å². The molecule has 3 heterocycles. The molecule has 0 amide bonds. The van der Waals surface area contributed by atoms with Gasteiger partial charge in [-0.05, 0) is 50.9 Å². The molecule has 2 aromatic rings. The first-order valence-electron chi connectivity index (χ1n) is 10.4. The van der Waals surface area contributed by atoms with Crippen molar-refractivity contribution in [1.82, 2.24) is 24.0 Å². The quantitative estimate of drug-likeness (QED) is 0.688. The number of likely N-dealkylation sites (tertiary alicyclic amines) is 1. The molecule has 158 valence electrons. The van der Waals surface area contributed by atoms with E-state index >= 15 is 0 Å². The number of halogens is 1. The van der Waals surface area contributed by atoms with Crippen molar-refractivity contribution in [2.24, 2.45) is 5.92 Å². The molecule has 0 bridgehead atoms. The predicted octanol–water partition coefficient (Wildman–Crippen LogP) is 3.81. The van der Waals surface area contributed by atoms with E-state index in [-0.39, 0.29) is 11.4 Å². The smallest absolute Gasteiger partial charge is 0.141 e. The number of nitrogens with zero attached hydrogens (tertiary/aromatic N) is 6. The summed E-state index contributed by atoms with van der Waals surface area (Å²) in [5, 5.41) is 4.41. The standard InChI is InChI=1S/C21H31FN6S/c1-16(2)12-27-20(23-15-24-27)13-26-9-8-21(11-17(26)3)14-25(4)29-28(21)19-7-5-6-18(22)10-19/h5-7,10,15-17H,8-9,11-14H2,1-4H3/t17-,21+/m0/s1. The first-order chi connectivity index (χ1) is 13.9. The maximum Gasteiger partial charge on any atom is 0.141 e. The van der Waals surface area contributed by atoms with Gasteiger partial charge in [0.2, 0.25) is 0 Å². The minimum atomic E-state index is -0.178. The molecule has 8 heteroatoms. The number of hydrogen-bond donors (Lipinski definition) is 0. The zero-order valence-electron chi connectivity index (χ0n) is 17.8. The number of rotatable bonds is 5. The van der Waals surface area contributed by atoms with Crippen LogP contribution in [0.15, 0.2) is 30.6 Å². The number of anilines is 1. The lowest BCUT2D eigenvalue weighted by Crippen LogP contribution is -2.56. The third kappa shape index (κ3) is 4.29. The molecule has 0 saturated carbocycles. The van der Waals surface area contributed by atoms with Crippen LogP contribution < -0.4 is 4.31 Å². The molecule has 2 aliphatic heterocycles. The topological polar surface area (TPSA) is 40.4 Å². The van der Waals surface area contributed by atoms with Gasteiger partial charge in [-0.2, -0.15) is 5.10 Å². The minimum Gasteiger partial charge on any atom is -0.296 e. The number of aromatic nitrogens is 3. The highest BCUT2D eigenvalue weighted by atomic mass is 32.2. The van der Waals surface area contributed by atoms with E-state index in [0.29, 0.717) is 12.0 Å². The molecule has 0 aliphatic carbocycles. The fourth-order valence-corrected chi connectivity index (χ4v) is 5.85. The molecule has 0 N–H and O–H groups in total. The SMILES string of the molecule is CC(C)Cn1ncnc1CN1CC[C@@]2(C[C@@H]1C)CN(C)SN2c1cccc(F)c1. The molecular formula is C21H31FN6S. The van der Waals surface area contributed by atoms with Crippen LogP contribution >= 0.6 is 12.1 Å². The molecule has 2 fully saturated rings. The van der Waals surface area contributed by atoms with Crippen LogP contribution in [-0.4, -0.2) is 55.7 Å². The zero-order chi connectivity index (χ0) is 20.6. The summed E-state index contributed by atoms with van der Waals surface area (Å²) in [6, 6.07) is 7.40. The van der Waals surface area contributed by atoms with Gasteiger partial charge in [-0.25, -0.2) is 18.4 Å². The molecule has 2 atom stereocenters. The van der Waals surface area contributed by atoms with Gasteiger partial charge in [0.25, 0.3) is 0 Å². The van der Waals surface area contributed by atoms with Crippen molar-refractivity contribution < 1.29 is 4.39 Å². The summed E-state index contributed by atoms with van der Waals surface area (Å²) in [5.41, 5.74) is 0.978. The second kappa shape index (κ2) is 8.24. The number of likely N-dealkylation sites (N-methyl/N-ethyl adjacent to an activating group) is 1. The fourth-order valence-electron chi connectivity index (χ4n) is 4.66. The van der Waals surface area contributed by atoms with Crippen molar-refractivity contribution in [2.75, 3.05) is 24.4 Å². The van der Waals surface area contributed by atoms with E-state index in [2.05, 4.69) is 51.4 Å². The van der Waals surface area contributed by atoms with Crippen LogP contribution in [0.1, 0.15) is 39.4 Å². The molecule has 6 nitrogen and oxygen atoms in total.